The first-order valence-corrected chi connectivity index (χ1v) is 11.0. The Bertz CT molecular complexity index is 1100. The first-order valence-electron chi connectivity index (χ1n) is 9.20. The lowest BCUT2D eigenvalue weighted by molar-refractivity contribution is -0.116. The van der Waals surface area contributed by atoms with Gasteiger partial charge in [-0.3, -0.25) is 14.2 Å². The van der Waals surface area contributed by atoms with E-state index in [-0.39, 0.29) is 17.2 Å². The molecule has 0 saturated heterocycles. The zero-order valence-corrected chi connectivity index (χ0v) is 17.3. The predicted molar refractivity (Wildman–Crippen MR) is 117 cm³/mol. The average molecular weight is 412 g/mol. The maximum absolute atomic E-state index is 12.9. The normalized spacial score (nSPS) is 12.9. The van der Waals surface area contributed by atoms with Crippen molar-refractivity contribution in [2.45, 2.75) is 24.4 Å². The van der Waals surface area contributed by atoms with Crippen LogP contribution in [0.5, 0.6) is 0 Å². The molecule has 0 unspecified atom stereocenters. The molecular weight excluding hydrogens is 390 g/mol. The lowest BCUT2D eigenvalue weighted by atomic mass is 10.2. The number of hydrogen-bond acceptors (Lipinski definition) is 5. The highest BCUT2D eigenvalue weighted by atomic mass is 32.2. The minimum Gasteiger partial charge on any atom is -0.308 e. The molecule has 3 aromatic rings. The van der Waals surface area contributed by atoms with Crippen LogP contribution in [0.2, 0.25) is 0 Å². The van der Waals surface area contributed by atoms with Crippen molar-refractivity contribution >= 4 is 44.9 Å². The topological polar surface area (TPSA) is 55.2 Å². The number of carbonyl (C=O) groups is 1. The van der Waals surface area contributed by atoms with Gasteiger partial charge in [-0.1, -0.05) is 36.0 Å². The van der Waals surface area contributed by atoms with Gasteiger partial charge in [0.25, 0.3) is 5.56 Å². The molecule has 144 valence electrons. The van der Waals surface area contributed by atoms with Crippen LogP contribution in [0.1, 0.15) is 16.9 Å². The number of anilines is 1. The molecule has 1 amide bonds. The van der Waals surface area contributed by atoms with Crippen LogP contribution >= 0.6 is 23.1 Å². The number of hydrogen-bond donors (Lipinski definition) is 0. The number of thiophene rings is 1. The van der Waals surface area contributed by atoms with Gasteiger partial charge in [0.05, 0.1) is 11.1 Å². The fourth-order valence-corrected chi connectivity index (χ4v) is 5.68. The number of aryl methyl sites for hydroxylation is 2. The Labute approximate surface area is 171 Å². The molecule has 5 nitrogen and oxygen atoms in total. The molecule has 0 aliphatic heterocycles. The molecule has 7 heteroatoms. The van der Waals surface area contributed by atoms with Crippen molar-refractivity contribution in [1.29, 1.82) is 0 Å². The monoisotopic (exact) mass is 411 g/mol. The molecule has 1 aliphatic carbocycles. The summed E-state index contributed by atoms with van der Waals surface area (Å²) in [6, 6.07) is 9.53. The summed E-state index contributed by atoms with van der Waals surface area (Å²) in [6.07, 6.45) is 4.82. The van der Waals surface area contributed by atoms with E-state index in [1.165, 1.54) is 22.2 Å². The number of amides is 1. The molecule has 0 atom stereocenters. The van der Waals surface area contributed by atoms with E-state index in [0.717, 1.165) is 35.2 Å². The Morgan fingerprint density at radius 2 is 2.14 bits per heavy atom. The largest absolute Gasteiger partial charge is 0.308 e. The van der Waals surface area contributed by atoms with Gasteiger partial charge in [0, 0.05) is 24.2 Å². The van der Waals surface area contributed by atoms with E-state index in [4.69, 9.17) is 4.98 Å². The van der Waals surface area contributed by atoms with Crippen molar-refractivity contribution in [2.24, 2.45) is 7.05 Å². The summed E-state index contributed by atoms with van der Waals surface area (Å²) < 4.78 is 1.58. The number of fused-ring (bicyclic) bond motifs is 3. The number of thioether (sulfide) groups is 1. The van der Waals surface area contributed by atoms with Gasteiger partial charge in [0.2, 0.25) is 5.91 Å². The summed E-state index contributed by atoms with van der Waals surface area (Å²) in [7, 11) is 1.74. The van der Waals surface area contributed by atoms with Gasteiger partial charge in [-0.15, -0.1) is 17.9 Å². The minimum atomic E-state index is -0.0425. The lowest BCUT2D eigenvalue weighted by Gasteiger charge is -2.21. The molecule has 0 bridgehead atoms. The van der Waals surface area contributed by atoms with Gasteiger partial charge < -0.3 is 4.90 Å². The molecular formula is C21H21N3O2S2. The quantitative estimate of drug-likeness (QED) is 0.352. The van der Waals surface area contributed by atoms with E-state index in [1.54, 1.807) is 33.9 Å². The van der Waals surface area contributed by atoms with Crippen LogP contribution < -0.4 is 10.5 Å². The summed E-state index contributed by atoms with van der Waals surface area (Å²) >= 11 is 2.93. The summed E-state index contributed by atoms with van der Waals surface area (Å²) in [4.78, 5) is 34.2. The molecule has 0 fully saturated rings. The first kappa shape index (κ1) is 19.0. The van der Waals surface area contributed by atoms with Crippen LogP contribution in [0.25, 0.3) is 10.2 Å². The van der Waals surface area contributed by atoms with E-state index >= 15 is 0 Å². The van der Waals surface area contributed by atoms with Crippen LogP contribution in [0.15, 0.2) is 52.9 Å². The van der Waals surface area contributed by atoms with Crippen molar-refractivity contribution in [3.63, 3.8) is 0 Å². The van der Waals surface area contributed by atoms with Crippen LogP contribution in [0, 0.1) is 0 Å². The second-order valence-electron chi connectivity index (χ2n) is 6.71. The zero-order valence-electron chi connectivity index (χ0n) is 15.7. The van der Waals surface area contributed by atoms with Crippen LogP contribution in [0.4, 0.5) is 5.69 Å². The molecule has 2 aromatic heterocycles. The summed E-state index contributed by atoms with van der Waals surface area (Å²) in [6.45, 7) is 4.19. The van der Waals surface area contributed by atoms with E-state index in [1.807, 2.05) is 30.3 Å². The standard InChI is InChI=1S/C21H21N3O2S2/c1-3-12-24(14-8-5-4-6-9-14)17(25)13-27-21-22-19-18(20(26)23(21)2)15-10-7-11-16(15)28-19/h3-6,8-9H,1,7,10-13H2,2H3. The summed E-state index contributed by atoms with van der Waals surface area (Å²) in [5.74, 6) is 0.165. The van der Waals surface area contributed by atoms with Gasteiger partial charge in [0.15, 0.2) is 5.16 Å². The van der Waals surface area contributed by atoms with Crippen LogP contribution in [-0.4, -0.2) is 27.8 Å². The molecule has 1 aromatic carbocycles. The molecule has 0 N–H and O–H groups in total. The van der Waals surface area contributed by atoms with Crippen molar-refractivity contribution in [2.75, 3.05) is 17.2 Å². The maximum Gasteiger partial charge on any atom is 0.262 e. The number of carbonyl (C=O) groups excluding carboxylic acids is 1. The summed E-state index contributed by atoms with van der Waals surface area (Å²) in [5, 5.41) is 1.35. The van der Waals surface area contributed by atoms with Gasteiger partial charge in [-0.25, -0.2) is 4.98 Å². The third-order valence-electron chi connectivity index (χ3n) is 4.91. The van der Waals surface area contributed by atoms with Crippen molar-refractivity contribution in [1.82, 2.24) is 9.55 Å². The van der Waals surface area contributed by atoms with Crippen molar-refractivity contribution in [3.05, 3.63) is 63.8 Å². The number of nitrogens with zero attached hydrogens (tertiary/aromatic N) is 3. The number of benzene rings is 1. The second-order valence-corrected chi connectivity index (χ2v) is 8.74. The molecule has 4 rings (SSSR count). The lowest BCUT2D eigenvalue weighted by Crippen LogP contribution is -2.32. The van der Waals surface area contributed by atoms with E-state index in [2.05, 4.69) is 6.58 Å². The SMILES string of the molecule is C=CCN(C(=O)CSc1nc2sc3c(c2c(=O)n1C)CCC3)c1ccccc1. The van der Waals surface area contributed by atoms with Gasteiger partial charge >= 0.3 is 0 Å². The number of rotatable bonds is 6. The highest BCUT2D eigenvalue weighted by molar-refractivity contribution is 7.99. The fourth-order valence-electron chi connectivity index (χ4n) is 3.53. The average Bonchev–Trinajstić information content (AvgIpc) is 3.29. The second kappa shape index (κ2) is 7.93. The summed E-state index contributed by atoms with van der Waals surface area (Å²) in [5.41, 5.74) is 2.01. The Hall–Kier alpha value is -2.38. The predicted octanol–water partition coefficient (Wildman–Crippen LogP) is 3.80. The Kier molecular flexibility index (Phi) is 5.37. The zero-order chi connectivity index (χ0) is 19.7. The molecule has 1 aliphatic rings. The van der Waals surface area contributed by atoms with Gasteiger partial charge in [-0.2, -0.15) is 0 Å². The number of aromatic nitrogens is 2. The van der Waals surface area contributed by atoms with E-state index in [9.17, 15) is 9.59 Å². The molecule has 28 heavy (non-hydrogen) atoms. The van der Waals surface area contributed by atoms with E-state index in [0.29, 0.717) is 11.7 Å². The van der Waals surface area contributed by atoms with Crippen LogP contribution in [-0.2, 0) is 24.7 Å². The smallest absolute Gasteiger partial charge is 0.262 e. The first-order chi connectivity index (χ1) is 13.6. The molecule has 0 spiro atoms. The highest BCUT2D eigenvalue weighted by Gasteiger charge is 2.23. The van der Waals surface area contributed by atoms with Gasteiger partial charge in [-0.05, 0) is 37.0 Å². The fraction of sp³-hybridized carbons (Fsp3) is 0.286. The van der Waals surface area contributed by atoms with Crippen LogP contribution in [0.3, 0.4) is 0 Å². The highest BCUT2D eigenvalue weighted by Crippen LogP contribution is 2.35. The van der Waals surface area contributed by atoms with Crippen molar-refractivity contribution in [3.8, 4) is 0 Å². The van der Waals surface area contributed by atoms with Crippen molar-refractivity contribution < 1.29 is 4.79 Å². The van der Waals surface area contributed by atoms with E-state index < -0.39 is 0 Å². The minimum absolute atomic E-state index is 0.00893. The molecule has 0 saturated carbocycles. The Balaban J connectivity index is 1.58. The Morgan fingerprint density at radius 3 is 2.89 bits per heavy atom. The Morgan fingerprint density at radius 1 is 1.36 bits per heavy atom. The number of para-hydroxylation sites is 1. The van der Waals surface area contributed by atoms with Gasteiger partial charge in [0.1, 0.15) is 4.83 Å². The maximum atomic E-state index is 12.9. The molecule has 0 radical (unpaired) electrons. The molecule has 2 heterocycles. The third-order valence-corrected chi connectivity index (χ3v) is 7.11. The third kappa shape index (κ3) is 3.40.